The van der Waals surface area contributed by atoms with E-state index in [4.69, 9.17) is 13.9 Å². The van der Waals surface area contributed by atoms with Crippen LogP contribution in [0.15, 0.2) is 41.0 Å². The van der Waals surface area contributed by atoms with Crippen LogP contribution < -0.4 is 14.8 Å². The Morgan fingerprint density at radius 3 is 2.85 bits per heavy atom. The van der Waals surface area contributed by atoms with E-state index < -0.39 is 0 Å². The van der Waals surface area contributed by atoms with E-state index in [1.54, 1.807) is 13.4 Å². The monoisotopic (exact) mass is 370 g/mol. The number of fused-ring (bicyclic) bond motifs is 1. The Labute approximate surface area is 159 Å². The molecule has 0 bridgehead atoms. The fourth-order valence-corrected chi connectivity index (χ4v) is 3.90. The lowest BCUT2D eigenvalue weighted by Crippen LogP contribution is -2.47. The molecule has 0 unspecified atom stereocenters. The number of carbonyl (C=O) groups excluding carboxylic acids is 1. The van der Waals surface area contributed by atoms with E-state index in [1.165, 1.54) is 0 Å². The Bertz CT molecular complexity index is 766. The lowest BCUT2D eigenvalue weighted by molar-refractivity contribution is -0.127. The van der Waals surface area contributed by atoms with Crippen molar-refractivity contribution in [1.29, 1.82) is 0 Å². The van der Waals surface area contributed by atoms with E-state index in [2.05, 4.69) is 10.2 Å². The predicted octanol–water partition coefficient (Wildman–Crippen LogP) is 2.62. The summed E-state index contributed by atoms with van der Waals surface area (Å²) < 4.78 is 16.6. The van der Waals surface area contributed by atoms with Crippen LogP contribution in [0.1, 0.15) is 24.2 Å². The van der Waals surface area contributed by atoms with Gasteiger partial charge < -0.3 is 19.2 Å². The van der Waals surface area contributed by atoms with Crippen molar-refractivity contribution in [3.8, 4) is 11.5 Å². The summed E-state index contributed by atoms with van der Waals surface area (Å²) in [4.78, 5) is 15.1. The third-order valence-corrected chi connectivity index (χ3v) is 5.44. The number of ether oxygens (including phenoxy) is 2. The Morgan fingerprint density at radius 2 is 2.11 bits per heavy atom. The molecule has 0 aliphatic carbocycles. The zero-order chi connectivity index (χ0) is 18.6. The molecule has 0 spiro atoms. The number of nitrogens with one attached hydrogen (secondary N) is 1. The number of likely N-dealkylation sites (tertiary alicyclic amines) is 1. The van der Waals surface area contributed by atoms with Crippen LogP contribution in [0.2, 0.25) is 0 Å². The maximum absolute atomic E-state index is 12.7. The summed E-state index contributed by atoms with van der Waals surface area (Å²) in [5, 5.41) is 3.23. The highest BCUT2D eigenvalue weighted by atomic mass is 16.5. The van der Waals surface area contributed by atoms with Gasteiger partial charge >= 0.3 is 0 Å². The van der Waals surface area contributed by atoms with Gasteiger partial charge in [0, 0.05) is 19.1 Å². The van der Waals surface area contributed by atoms with Crippen LogP contribution in [0.25, 0.3) is 0 Å². The summed E-state index contributed by atoms with van der Waals surface area (Å²) in [7, 11) is 1.63. The molecule has 1 aromatic carbocycles. The molecule has 6 nitrogen and oxygen atoms in total. The molecular weight excluding hydrogens is 344 g/mol. The number of methoxy groups -OCH3 is 1. The zero-order valence-electron chi connectivity index (χ0n) is 15.6. The van der Waals surface area contributed by atoms with Crippen molar-refractivity contribution in [1.82, 2.24) is 10.2 Å². The summed E-state index contributed by atoms with van der Waals surface area (Å²) in [6.45, 7) is 3.17. The number of carbonyl (C=O) groups is 1. The van der Waals surface area contributed by atoms with Crippen LogP contribution in [0.5, 0.6) is 11.5 Å². The van der Waals surface area contributed by atoms with Crippen molar-refractivity contribution in [2.45, 2.75) is 31.8 Å². The van der Waals surface area contributed by atoms with Crippen molar-refractivity contribution in [3.05, 3.63) is 47.9 Å². The highest BCUT2D eigenvalue weighted by molar-refractivity contribution is 5.80. The molecular formula is C21H26N2O4. The molecule has 0 radical (unpaired) electrons. The average molecular weight is 370 g/mol. The van der Waals surface area contributed by atoms with Gasteiger partial charge in [0.1, 0.15) is 12.4 Å². The van der Waals surface area contributed by atoms with Crippen LogP contribution in [0, 0.1) is 5.92 Å². The summed E-state index contributed by atoms with van der Waals surface area (Å²) in [6, 6.07) is 9.99. The van der Waals surface area contributed by atoms with Crippen LogP contribution >= 0.6 is 0 Å². The minimum absolute atomic E-state index is 0.0907. The molecule has 27 heavy (non-hydrogen) atoms. The molecule has 0 saturated carbocycles. The van der Waals surface area contributed by atoms with Gasteiger partial charge in [0.15, 0.2) is 11.5 Å². The number of hydrogen-bond donors (Lipinski definition) is 1. The number of amides is 1. The van der Waals surface area contributed by atoms with Gasteiger partial charge in [-0.05, 0) is 43.0 Å². The van der Waals surface area contributed by atoms with E-state index >= 15 is 0 Å². The maximum atomic E-state index is 12.7. The minimum Gasteiger partial charge on any atom is -0.493 e. The fourth-order valence-electron chi connectivity index (χ4n) is 3.90. The first-order chi connectivity index (χ1) is 13.2. The lowest BCUT2D eigenvalue weighted by atomic mass is 9.94. The topological polar surface area (TPSA) is 63.9 Å². The Kier molecular flexibility index (Phi) is 5.34. The summed E-state index contributed by atoms with van der Waals surface area (Å²) in [6.07, 6.45) is 4.33. The Balaban J connectivity index is 1.27. The highest BCUT2D eigenvalue weighted by Gasteiger charge is 2.30. The first-order valence-electron chi connectivity index (χ1n) is 9.56. The predicted molar refractivity (Wildman–Crippen MR) is 101 cm³/mol. The molecule has 1 atom stereocenters. The molecule has 1 saturated heterocycles. The van der Waals surface area contributed by atoms with Crippen molar-refractivity contribution >= 4 is 5.91 Å². The van der Waals surface area contributed by atoms with Crippen molar-refractivity contribution < 1.29 is 18.7 Å². The first-order valence-corrected chi connectivity index (χ1v) is 9.56. The molecule has 1 amide bonds. The van der Waals surface area contributed by atoms with Gasteiger partial charge in [-0.15, -0.1) is 0 Å². The Hall–Kier alpha value is -2.47. The molecule has 4 rings (SSSR count). The first kappa shape index (κ1) is 17.9. The molecule has 6 heteroatoms. The van der Waals surface area contributed by atoms with E-state index in [0.29, 0.717) is 13.0 Å². The summed E-state index contributed by atoms with van der Waals surface area (Å²) in [5.74, 6) is 2.44. The van der Waals surface area contributed by atoms with Gasteiger partial charge in [0.25, 0.3) is 0 Å². The third kappa shape index (κ3) is 4.11. The quantitative estimate of drug-likeness (QED) is 0.877. The second-order valence-electron chi connectivity index (χ2n) is 7.30. The lowest BCUT2D eigenvalue weighted by Gasteiger charge is -2.33. The average Bonchev–Trinajstić information content (AvgIpc) is 3.21. The van der Waals surface area contributed by atoms with Gasteiger partial charge in [-0.2, -0.15) is 0 Å². The van der Waals surface area contributed by atoms with E-state index in [0.717, 1.165) is 55.3 Å². The maximum Gasteiger partial charge on any atom is 0.227 e. The minimum atomic E-state index is -0.147. The smallest absolute Gasteiger partial charge is 0.227 e. The normalized spacial score (nSPS) is 20.6. The number of rotatable bonds is 5. The molecule has 1 aromatic heterocycles. The van der Waals surface area contributed by atoms with Crippen molar-refractivity contribution in [2.24, 2.45) is 5.92 Å². The number of benzene rings is 1. The number of para-hydroxylation sites is 1. The van der Waals surface area contributed by atoms with Gasteiger partial charge in [-0.25, -0.2) is 0 Å². The van der Waals surface area contributed by atoms with E-state index in [9.17, 15) is 4.79 Å². The van der Waals surface area contributed by atoms with E-state index in [1.807, 2.05) is 30.3 Å². The molecule has 2 aliphatic heterocycles. The van der Waals surface area contributed by atoms with Gasteiger partial charge in [0.05, 0.1) is 25.8 Å². The van der Waals surface area contributed by atoms with Crippen LogP contribution in [0.3, 0.4) is 0 Å². The van der Waals surface area contributed by atoms with Crippen LogP contribution in [-0.2, 0) is 17.8 Å². The van der Waals surface area contributed by atoms with Gasteiger partial charge in [0.2, 0.25) is 5.91 Å². The molecule has 3 heterocycles. The van der Waals surface area contributed by atoms with Gasteiger partial charge in [-0.1, -0.05) is 12.1 Å². The Morgan fingerprint density at radius 1 is 1.26 bits per heavy atom. The second kappa shape index (κ2) is 8.05. The number of piperidine rings is 1. The largest absolute Gasteiger partial charge is 0.493 e. The number of nitrogens with zero attached hydrogens (tertiary/aromatic N) is 1. The summed E-state index contributed by atoms with van der Waals surface area (Å²) in [5.41, 5.74) is 1.04. The van der Waals surface area contributed by atoms with Crippen LogP contribution in [-0.4, -0.2) is 43.7 Å². The second-order valence-corrected chi connectivity index (χ2v) is 7.30. The van der Waals surface area contributed by atoms with Gasteiger partial charge in [-0.3, -0.25) is 9.69 Å². The molecule has 2 aliphatic rings. The van der Waals surface area contributed by atoms with Crippen molar-refractivity contribution in [2.75, 3.05) is 26.8 Å². The highest BCUT2D eigenvalue weighted by Crippen LogP contribution is 2.36. The molecule has 1 fully saturated rings. The third-order valence-electron chi connectivity index (χ3n) is 5.44. The van der Waals surface area contributed by atoms with E-state index in [-0.39, 0.29) is 17.9 Å². The molecule has 144 valence electrons. The number of furan rings is 1. The summed E-state index contributed by atoms with van der Waals surface area (Å²) >= 11 is 0. The standard InChI is InChI=1S/C21H26N2O4/c1-25-19-6-2-4-15-12-16(14-27-20(15)19)21(24)22-17-7-9-23(10-8-17)13-18-5-3-11-26-18/h2-6,11,16-17H,7-10,12-14H2,1H3,(H,22,24)/t16-/m0/s1. The fraction of sp³-hybridized carbons (Fsp3) is 0.476. The van der Waals surface area contributed by atoms with Crippen molar-refractivity contribution in [3.63, 3.8) is 0 Å². The molecule has 1 N–H and O–H groups in total. The SMILES string of the molecule is COc1cccc2c1OC[C@@H](C(=O)NC1CCN(Cc3ccco3)CC1)C2. The molecule has 2 aromatic rings. The van der Waals surface area contributed by atoms with Crippen LogP contribution in [0.4, 0.5) is 0 Å². The number of hydrogen-bond acceptors (Lipinski definition) is 5. The zero-order valence-corrected chi connectivity index (χ0v) is 15.6.